The number of hydrogen-bond donors (Lipinski definition) is 0. The number of anilines is 1. The Morgan fingerprint density at radius 3 is 2.65 bits per heavy atom. The quantitative estimate of drug-likeness (QED) is 0.628. The summed E-state index contributed by atoms with van der Waals surface area (Å²) >= 11 is 0. The van der Waals surface area contributed by atoms with Crippen molar-refractivity contribution in [1.82, 2.24) is 4.90 Å². The highest BCUT2D eigenvalue weighted by atomic mass is 19.1. The van der Waals surface area contributed by atoms with Gasteiger partial charge in [0.05, 0.1) is 16.7 Å². The van der Waals surface area contributed by atoms with E-state index in [4.69, 9.17) is 0 Å². The number of nitrogens with zero attached hydrogens (tertiary/aromatic N) is 3. The number of likely N-dealkylation sites (tertiary alicyclic amines) is 1. The highest BCUT2D eigenvalue weighted by Crippen LogP contribution is 2.25. The van der Waals surface area contributed by atoms with Gasteiger partial charge in [0.1, 0.15) is 0 Å². The van der Waals surface area contributed by atoms with Gasteiger partial charge >= 0.3 is 0 Å². The molecule has 1 aliphatic rings. The lowest BCUT2D eigenvalue weighted by molar-refractivity contribution is -0.385. The number of piperidine rings is 1. The number of non-ortho nitro benzene ring substituents is 1. The topological polar surface area (TPSA) is 49.6 Å². The molecule has 1 aromatic carbocycles. The first kappa shape index (κ1) is 14.7. The molecule has 0 atom stereocenters. The summed E-state index contributed by atoms with van der Waals surface area (Å²) in [6.07, 6.45) is 2.21. The van der Waals surface area contributed by atoms with Gasteiger partial charge in [-0.05, 0) is 45.0 Å². The third-order valence-electron chi connectivity index (χ3n) is 3.92. The predicted octanol–water partition coefficient (Wildman–Crippen LogP) is 2.51. The maximum atomic E-state index is 13.9. The fraction of sp³-hybridized carbons (Fsp3) is 0.571. The van der Waals surface area contributed by atoms with Gasteiger partial charge in [-0.2, -0.15) is 0 Å². The Hall–Kier alpha value is -1.69. The van der Waals surface area contributed by atoms with Crippen molar-refractivity contribution in [3.8, 4) is 0 Å². The van der Waals surface area contributed by atoms with E-state index >= 15 is 0 Å². The van der Waals surface area contributed by atoms with Crippen molar-refractivity contribution in [1.29, 1.82) is 0 Å². The second-order valence-electron chi connectivity index (χ2n) is 5.52. The average Bonchev–Trinajstić information content (AvgIpc) is 2.41. The second kappa shape index (κ2) is 6.17. The zero-order chi connectivity index (χ0) is 14.7. The summed E-state index contributed by atoms with van der Waals surface area (Å²) in [5.74, 6) is 0.0143. The van der Waals surface area contributed by atoms with Gasteiger partial charge in [0.2, 0.25) is 0 Å². The molecule has 0 radical (unpaired) electrons. The van der Waals surface area contributed by atoms with Crippen molar-refractivity contribution in [3.05, 3.63) is 34.1 Å². The molecule has 20 heavy (non-hydrogen) atoms. The van der Waals surface area contributed by atoms with E-state index in [-0.39, 0.29) is 5.69 Å². The Labute approximate surface area is 118 Å². The van der Waals surface area contributed by atoms with Crippen LogP contribution < -0.4 is 4.90 Å². The van der Waals surface area contributed by atoms with E-state index in [0.29, 0.717) is 11.6 Å². The predicted molar refractivity (Wildman–Crippen MR) is 76.5 cm³/mol. The number of halogens is 1. The molecule has 1 aliphatic heterocycles. The van der Waals surface area contributed by atoms with Crippen LogP contribution in [0.4, 0.5) is 15.8 Å². The Morgan fingerprint density at radius 1 is 1.45 bits per heavy atom. The van der Waals surface area contributed by atoms with Gasteiger partial charge in [-0.1, -0.05) is 0 Å². The van der Waals surface area contributed by atoms with Gasteiger partial charge in [0, 0.05) is 19.7 Å². The Kier molecular flexibility index (Phi) is 4.54. The van der Waals surface area contributed by atoms with Gasteiger partial charge in [-0.15, -0.1) is 0 Å². The molecule has 0 spiro atoms. The standard InChI is InChI=1S/C14H20FN3O2/c1-16-7-5-11(6-8-16)10-17(2)14-4-3-12(18(19)20)9-13(14)15/h3-4,9,11H,5-8,10H2,1-2H3. The molecule has 5 nitrogen and oxygen atoms in total. The summed E-state index contributed by atoms with van der Waals surface area (Å²) in [6, 6.07) is 3.83. The van der Waals surface area contributed by atoms with E-state index in [2.05, 4.69) is 11.9 Å². The zero-order valence-corrected chi connectivity index (χ0v) is 11.9. The van der Waals surface area contributed by atoms with Crippen LogP contribution in [0.3, 0.4) is 0 Å². The molecule has 1 saturated heterocycles. The molecule has 2 rings (SSSR count). The number of nitro benzene ring substituents is 1. The van der Waals surface area contributed by atoms with Crippen LogP contribution in [0.15, 0.2) is 18.2 Å². The molecular formula is C14H20FN3O2. The Bertz CT molecular complexity index is 487. The van der Waals surface area contributed by atoms with Gasteiger partial charge in [-0.25, -0.2) is 4.39 Å². The normalized spacial score (nSPS) is 17.1. The molecule has 6 heteroatoms. The lowest BCUT2D eigenvalue weighted by atomic mass is 9.96. The van der Waals surface area contributed by atoms with Crippen molar-refractivity contribution >= 4 is 11.4 Å². The molecule has 0 aliphatic carbocycles. The van der Waals surface area contributed by atoms with Crippen molar-refractivity contribution in [3.63, 3.8) is 0 Å². The van der Waals surface area contributed by atoms with Crippen LogP contribution in [0, 0.1) is 21.8 Å². The smallest absolute Gasteiger partial charge is 0.272 e. The van der Waals surface area contributed by atoms with Gasteiger partial charge in [-0.3, -0.25) is 10.1 Å². The van der Waals surface area contributed by atoms with Gasteiger partial charge < -0.3 is 9.80 Å². The summed E-state index contributed by atoms with van der Waals surface area (Å²) in [7, 11) is 3.94. The first-order chi connectivity index (χ1) is 9.47. The van der Waals surface area contributed by atoms with Gasteiger partial charge in [0.25, 0.3) is 5.69 Å². The first-order valence-corrected chi connectivity index (χ1v) is 6.81. The SMILES string of the molecule is CN1CCC(CN(C)c2ccc([N+](=O)[O-])cc2F)CC1. The summed E-state index contributed by atoms with van der Waals surface area (Å²) in [4.78, 5) is 14.2. The minimum Gasteiger partial charge on any atom is -0.372 e. The Morgan fingerprint density at radius 2 is 2.10 bits per heavy atom. The van der Waals surface area contributed by atoms with Crippen LogP contribution in [0.25, 0.3) is 0 Å². The van der Waals surface area contributed by atoms with Crippen molar-refractivity contribution in [2.75, 3.05) is 38.6 Å². The van der Waals surface area contributed by atoms with Crippen LogP contribution in [0.1, 0.15) is 12.8 Å². The fourth-order valence-corrected chi connectivity index (χ4v) is 2.65. The van der Waals surface area contributed by atoms with E-state index in [1.54, 1.807) is 0 Å². The number of hydrogen-bond acceptors (Lipinski definition) is 4. The van der Waals surface area contributed by atoms with Crippen LogP contribution in [-0.2, 0) is 0 Å². The first-order valence-electron chi connectivity index (χ1n) is 6.81. The summed E-state index contributed by atoms with van der Waals surface area (Å²) < 4.78 is 13.9. The van der Waals surface area contributed by atoms with Crippen molar-refractivity contribution in [2.24, 2.45) is 5.92 Å². The molecule has 0 amide bonds. The van der Waals surface area contributed by atoms with Crippen LogP contribution in [0.5, 0.6) is 0 Å². The molecule has 0 saturated carbocycles. The minimum absolute atomic E-state index is 0.209. The monoisotopic (exact) mass is 281 g/mol. The number of nitro groups is 1. The molecule has 0 unspecified atom stereocenters. The Balaban J connectivity index is 2.02. The molecule has 1 fully saturated rings. The van der Waals surface area contributed by atoms with E-state index < -0.39 is 10.7 Å². The summed E-state index contributed by atoms with van der Waals surface area (Å²) in [5.41, 5.74) is 0.216. The van der Waals surface area contributed by atoms with Crippen LogP contribution in [0.2, 0.25) is 0 Å². The third kappa shape index (κ3) is 3.45. The fourth-order valence-electron chi connectivity index (χ4n) is 2.65. The molecular weight excluding hydrogens is 261 g/mol. The van der Waals surface area contributed by atoms with E-state index in [1.807, 2.05) is 11.9 Å². The minimum atomic E-state index is -0.580. The van der Waals surface area contributed by atoms with Crippen LogP contribution in [-0.4, -0.2) is 43.6 Å². The third-order valence-corrected chi connectivity index (χ3v) is 3.92. The van der Waals surface area contributed by atoms with Crippen molar-refractivity contribution in [2.45, 2.75) is 12.8 Å². The summed E-state index contributed by atoms with van der Waals surface area (Å²) in [5, 5.41) is 10.6. The molecule has 1 heterocycles. The maximum Gasteiger partial charge on any atom is 0.272 e. The lowest BCUT2D eigenvalue weighted by Gasteiger charge is -2.32. The van der Waals surface area contributed by atoms with Crippen LogP contribution >= 0.6 is 0 Å². The zero-order valence-electron chi connectivity index (χ0n) is 11.9. The highest BCUT2D eigenvalue weighted by Gasteiger charge is 2.20. The van der Waals surface area contributed by atoms with E-state index in [0.717, 1.165) is 38.5 Å². The lowest BCUT2D eigenvalue weighted by Crippen LogP contribution is -2.35. The molecule has 1 aromatic rings. The molecule has 0 bridgehead atoms. The highest BCUT2D eigenvalue weighted by molar-refractivity contribution is 5.51. The average molecular weight is 281 g/mol. The molecule has 0 N–H and O–H groups in total. The molecule has 110 valence electrons. The largest absolute Gasteiger partial charge is 0.372 e. The van der Waals surface area contributed by atoms with E-state index in [9.17, 15) is 14.5 Å². The van der Waals surface area contributed by atoms with Crippen molar-refractivity contribution < 1.29 is 9.31 Å². The second-order valence-corrected chi connectivity index (χ2v) is 5.52. The summed E-state index contributed by atoms with van der Waals surface area (Å²) in [6.45, 7) is 2.92. The van der Waals surface area contributed by atoms with E-state index in [1.165, 1.54) is 12.1 Å². The number of rotatable bonds is 4. The number of benzene rings is 1. The maximum absolute atomic E-state index is 13.9. The van der Waals surface area contributed by atoms with Gasteiger partial charge in [0.15, 0.2) is 5.82 Å². The molecule has 0 aromatic heterocycles.